The Bertz CT molecular complexity index is 2050. The quantitative estimate of drug-likeness (QED) is 0.138. The van der Waals surface area contributed by atoms with Crippen LogP contribution in [0.5, 0.6) is 0 Å². The summed E-state index contributed by atoms with van der Waals surface area (Å²) >= 11 is 0. The second kappa shape index (κ2) is 24.3. The predicted molar refractivity (Wildman–Crippen MR) is 266 cm³/mol. The van der Waals surface area contributed by atoms with Gasteiger partial charge >= 0.3 is 5.97 Å². The number of ether oxygens (including phenoxy) is 6. The van der Waals surface area contributed by atoms with Crippen molar-refractivity contribution in [2.75, 3.05) is 47.2 Å². The fourth-order valence-corrected chi connectivity index (χ4v) is 12.2. The van der Waals surface area contributed by atoms with E-state index in [1.165, 1.54) is 26.2 Å². The summed E-state index contributed by atoms with van der Waals surface area (Å²) in [4.78, 5) is 31.9. The number of hydrogen-bond donors (Lipinski definition) is 6. The molecule has 21 atom stereocenters. The van der Waals surface area contributed by atoms with Gasteiger partial charge in [-0.2, -0.15) is 0 Å². The van der Waals surface area contributed by atoms with Crippen molar-refractivity contribution in [2.24, 2.45) is 29.6 Å². The molecule has 3 saturated heterocycles. The van der Waals surface area contributed by atoms with Crippen molar-refractivity contribution >= 4 is 21.7 Å². The Hall–Kier alpha value is -2.44. The van der Waals surface area contributed by atoms with Gasteiger partial charge in [0.2, 0.25) is 5.91 Å². The summed E-state index contributed by atoms with van der Waals surface area (Å²) in [6.45, 7) is 17.3. The number of aliphatic hydroxyl groups excluding tert-OH is 3. The number of sulfone groups is 1. The van der Waals surface area contributed by atoms with E-state index in [2.05, 4.69) is 5.32 Å². The number of nitrogens with one attached hydrogen (secondary N) is 1. The Morgan fingerprint density at radius 2 is 1.62 bits per heavy atom. The molecule has 414 valence electrons. The van der Waals surface area contributed by atoms with Gasteiger partial charge in [0.1, 0.15) is 36.7 Å². The highest BCUT2D eigenvalue weighted by Crippen LogP contribution is 2.42. The normalized spacial score (nSPS) is 42.5. The fourth-order valence-electron chi connectivity index (χ4n) is 11.5. The Morgan fingerprint density at radius 1 is 0.986 bits per heavy atom. The lowest BCUT2D eigenvalue weighted by Gasteiger charge is -2.49. The standard InChI is InChI=1S/C52H88FN3O15S/c1-15-40-52(10,63)44(58)32(6)55(11)26-28(2)23-50(8,62)46(30(4)43(31(5)48(61)69-40)70-41-24-51(9,66-13)45(59)33(7)68-41)71-49-42(57)39(20-29(3)67-49)56(12)27-35-22-38(35)47(60)54-36(25-53)21-34-16-18-37(19-17-34)72(14,64)65/h16-19,28-33,35-36,38-46,49,57-59,62-63H,15,20-27H2,1-14H3,(H,54,60)/t28-,29-,30+,31-,32-,33+,35?,36+,38?,39+,40-,41+,42-,43+,44-,45+,46-,49+,50-,51-,52-/m1/s1. The Morgan fingerprint density at radius 3 is 2.21 bits per heavy atom. The molecule has 1 aliphatic carbocycles. The van der Waals surface area contributed by atoms with Gasteiger partial charge in [-0.15, -0.1) is 0 Å². The van der Waals surface area contributed by atoms with E-state index in [9.17, 15) is 47.9 Å². The SMILES string of the molecule is CC[C@H]1OC(=O)[C@H](C)[C@@H](O[C@H]2C[C@@](C)(OC)[C@@H](O)[C@H](C)O2)[C@H](C)[C@@H](O[C@@H]2O[C@H](C)C[C@H](N(C)CC3CC3C(=O)N[C@H](CF)Cc3ccc(S(C)(=O)=O)cc3)[C@H]2O)[C@](C)(O)C[C@@H](C)CN(C)[C@H](C)[C@@H](O)[C@]1(C)O. The van der Waals surface area contributed by atoms with Crippen LogP contribution in [0.4, 0.5) is 4.39 Å². The van der Waals surface area contributed by atoms with Gasteiger partial charge in [0, 0.05) is 56.8 Å². The lowest BCUT2D eigenvalue weighted by Crippen LogP contribution is -2.61. The van der Waals surface area contributed by atoms with Crippen molar-refractivity contribution in [1.29, 1.82) is 0 Å². The molecule has 2 unspecified atom stereocenters. The number of likely N-dealkylation sites (N-methyl/N-ethyl adjacent to an activating group) is 2. The Kier molecular flexibility index (Phi) is 20.4. The molecule has 6 N–H and O–H groups in total. The molecule has 0 spiro atoms. The van der Waals surface area contributed by atoms with Crippen LogP contribution in [-0.4, -0.2) is 199 Å². The summed E-state index contributed by atoms with van der Waals surface area (Å²) in [5.74, 6) is -3.68. The zero-order valence-electron chi connectivity index (χ0n) is 45.1. The van der Waals surface area contributed by atoms with Gasteiger partial charge in [-0.25, -0.2) is 12.8 Å². The van der Waals surface area contributed by atoms with Crippen molar-refractivity contribution in [3.8, 4) is 0 Å². The third kappa shape index (κ3) is 14.3. The first-order valence-corrected chi connectivity index (χ1v) is 27.7. The second-order valence-corrected chi connectivity index (χ2v) is 24.7. The predicted octanol–water partition coefficient (Wildman–Crippen LogP) is 3.01. The van der Waals surface area contributed by atoms with E-state index in [0.29, 0.717) is 31.5 Å². The lowest BCUT2D eigenvalue weighted by atomic mass is 9.77. The first-order valence-electron chi connectivity index (χ1n) is 25.8. The van der Waals surface area contributed by atoms with Crippen molar-refractivity contribution < 1.29 is 76.4 Å². The van der Waals surface area contributed by atoms with Crippen LogP contribution < -0.4 is 5.32 Å². The monoisotopic (exact) mass is 1050 g/mol. The molecule has 0 radical (unpaired) electrons. The summed E-state index contributed by atoms with van der Waals surface area (Å²) < 4.78 is 76.2. The van der Waals surface area contributed by atoms with E-state index in [4.69, 9.17) is 28.4 Å². The molecule has 5 rings (SSSR count). The van der Waals surface area contributed by atoms with Gasteiger partial charge in [-0.1, -0.05) is 32.9 Å². The van der Waals surface area contributed by atoms with Crippen LogP contribution in [-0.2, 0) is 54.3 Å². The van der Waals surface area contributed by atoms with Gasteiger partial charge in [-0.3, -0.25) is 9.59 Å². The maximum absolute atomic E-state index is 14.5. The number of rotatable bonds is 15. The number of nitrogens with zero attached hydrogens (tertiary/aromatic N) is 2. The van der Waals surface area contributed by atoms with Crippen molar-refractivity contribution in [2.45, 2.75) is 209 Å². The Balaban J connectivity index is 1.40. The fraction of sp³-hybridized carbons (Fsp3) is 0.846. The van der Waals surface area contributed by atoms with Crippen LogP contribution in [0.25, 0.3) is 0 Å². The average molecular weight is 1050 g/mol. The van der Waals surface area contributed by atoms with E-state index < -0.39 is 131 Å². The highest BCUT2D eigenvalue weighted by atomic mass is 32.2. The van der Waals surface area contributed by atoms with E-state index in [-0.39, 0.29) is 54.2 Å². The van der Waals surface area contributed by atoms with Gasteiger partial charge < -0.3 is 69.1 Å². The lowest BCUT2D eigenvalue weighted by molar-refractivity contribution is -0.318. The molecule has 4 fully saturated rings. The molecular weight excluding hydrogens is 958 g/mol. The number of hydrogen-bond acceptors (Lipinski definition) is 17. The number of carbonyl (C=O) groups excluding carboxylic acids is 2. The van der Waals surface area contributed by atoms with Gasteiger partial charge in [0.25, 0.3) is 0 Å². The van der Waals surface area contributed by atoms with Gasteiger partial charge in [0.05, 0.1) is 52.5 Å². The number of aliphatic hydroxyl groups is 5. The molecule has 1 saturated carbocycles. The number of benzene rings is 1. The van der Waals surface area contributed by atoms with Gasteiger partial charge in [0.15, 0.2) is 22.4 Å². The number of alkyl halides is 1. The minimum absolute atomic E-state index is 0.0704. The van der Waals surface area contributed by atoms with E-state index in [0.717, 1.165) is 6.26 Å². The van der Waals surface area contributed by atoms with E-state index >= 15 is 0 Å². The molecule has 1 aromatic carbocycles. The number of methoxy groups -OCH3 is 1. The van der Waals surface area contributed by atoms with Crippen LogP contribution in [0.15, 0.2) is 29.2 Å². The van der Waals surface area contributed by atoms with Crippen molar-refractivity contribution in [1.82, 2.24) is 15.1 Å². The number of esters is 1. The van der Waals surface area contributed by atoms with Crippen molar-refractivity contribution in [3.63, 3.8) is 0 Å². The highest BCUT2D eigenvalue weighted by Gasteiger charge is 2.53. The zero-order valence-corrected chi connectivity index (χ0v) is 45.9. The number of cyclic esters (lactones) is 1. The summed E-state index contributed by atoms with van der Waals surface area (Å²) in [5.41, 5.74) is -3.95. The summed E-state index contributed by atoms with van der Waals surface area (Å²) in [6, 6.07) is 4.24. The van der Waals surface area contributed by atoms with Crippen LogP contribution >= 0.6 is 0 Å². The largest absolute Gasteiger partial charge is 0.459 e. The minimum atomic E-state index is -3.39. The second-order valence-electron chi connectivity index (χ2n) is 22.7. The number of halogens is 1. The molecule has 0 aromatic heterocycles. The molecule has 1 aromatic rings. The minimum Gasteiger partial charge on any atom is -0.459 e. The molecule has 1 amide bonds. The van der Waals surface area contributed by atoms with Crippen LogP contribution in [0.1, 0.15) is 107 Å². The number of amides is 1. The zero-order chi connectivity index (χ0) is 54.0. The molecule has 3 heterocycles. The summed E-state index contributed by atoms with van der Waals surface area (Å²) in [5, 5.41) is 62.5. The third-order valence-electron chi connectivity index (χ3n) is 16.3. The molecule has 72 heavy (non-hydrogen) atoms. The van der Waals surface area contributed by atoms with Gasteiger partial charge in [-0.05, 0) is 124 Å². The van der Waals surface area contributed by atoms with Crippen molar-refractivity contribution in [3.05, 3.63) is 29.8 Å². The maximum Gasteiger partial charge on any atom is 0.311 e. The van der Waals surface area contributed by atoms with Crippen LogP contribution in [0.3, 0.4) is 0 Å². The first kappa shape index (κ1) is 60.4. The number of carbonyl (C=O) groups is 2. The molecule has 0 bridgehead atoms. The highest BCUT2D eigenvalue weighted by molar-refractivity contribution is 7.90. The van der Waals surface area contributed by atoms with E-state index in [1.54, 1.807) is 60.6 Å². The van der Waals surface area contributed by atoms with E-state index in [1.807, 2.05) is 37.7 Å². The summed E-state index contributed by atoms with van der Waals surface area (Å²) in [6.07, 6.45) is -7.85. The first-order chi connectivity index (χ1) is 33.4. The average Bonchev–Trinajstić information content (AvgIpc) is 4.08. The molecule has 4 aliphatic rings. The topological polar surface area (TPSA) is 243 Å². The van der Waals surface area contributed by atoms with Crippen LogP contribution in [0, 0.1) is 29.6 Å². The molecule has 20 heteroatoms. The van der Waals surface area contributed by atoms with Crippen LogP contribution in [0.2, 0.25) is 0 Å². The Labute approximate surface area is 427 Å². The third-order valence-corrected chi connectivity index (χ3v) is 17.4. The molecule has 3 aliphatic heterocycles. The summed E-state index contributed by atoms with van der Waals surface area (Å²) in [7, 11) is 1.76. The maximum atomic E-state index is 14.5. The molecular formula is C52H88FN3O15S. The molecule has 18 nitrogen and oxygen atoms in total. The smallest absolute Gasteiger partial charge is 0.311 e.